The number of anilines is 1. The molecule has 1 fully saturated rings. The predicted molar refractivity (Wildman–Crippen MR) is 80.0 cm³/mol. The fraction of sp³-hybridized carbons (Fsp3) is 0.438. The third-order valence-corrected chi connectivity index (χ3v) is 3.52. The number of nitrogens with zero attached hydrogens (tertiary/aromatic N) is 1. The van der Waals surface area contributed by atoms with E-state index in [1.54, 1.807) is 6.08 Å². The maximum atomic E-state index is 10.5. The summed E-state index contributed by atoms with van der Waals surface area (Å²) >= 11 is 0. The number of aliphatic carboxylic acids is 1. The molecule has 0 aliphatic carbocycles. The summed E-state index contributed by atoms with van der Waals surface area (Å²) in [6.07, 6.45) is 5.29. The first kappa shape index (κ1) is 14.6. The maximum absolute atomic E-state index is 10.5. The predicted octanol–water partition coefficient (Wildman–Crippen LogP) is 2.79. The third-order valence-electron chi connectivity index (χ3n) is 3.52. The molecule has 0 radical (unpaired) electrons. The van der Waals surface area contributed by atoms with Crippen LogP contribution in [0.25, 0.3) is 6.08 Å². The number of rotatable bonds is 5. The van der Waals surface area contributed by atoms with Crippen LogP contribution in [0.15, 0.2) is 30.3 Å². The fourth-order valence-corrected chi connectivity index (χ4v) is 2.48. The number of benzene rings is 1. The van der Waals surface area contributed by atoms with Crippen LogP contribution >= 0.6 is 0 Å². The van der Waals surface area contributed by atoms with Crippen molar-refractivity contribution in [3.8, 4) is 0 Å². The Morgan fingerprint density at radius 1 is 1.35 bits per heavy atom. The van der Waals surface area contributed by atoms with Crippen molar-refractivity contribution in [3.05, 3.63) is 35.9 Å². The van der Waals surface area contributed by atoms with Crippen LogP contribution in [0.4, 0.5) is 5.69 Å². The zero-order valence-corrected chi connectivity index (χ0v) is 11.8. The molecule has 20 heavy (non-hydrogen) atoms. The van der Waals surface area contributed by atoms with Crippen LogP contribution in [-0.4, -0.2) is 36.9 Å². The highest BCUT2D eigenvalue weighted by Crippen LogP contribution is 2.22. The molecule has 2 rings (SSSR count). The second kappa shape index (κ2) is 7.10. The smallest absolute Gasteiger partial charge is 0.328 e. The molecule has 0 aromatic heterocycles. The summed E-state index contributed by atoms with van der Waals surface area (Å²) in [5.74, 6) is -0.924. The molecule has 4 heteroatoms. The molecule has 0 amide bonds. The van der Waals surface area contributed by atoms with Crippen molar-refractivity contribution in [2.24, 2.45) is 0 Å². The lowest BCUT2D eigenvalue weighted by molar-refractivity contribution is -0.131. The van der Waals surface area contributed by atoms with Gasteiger partial charge < -0.3 is 14.7 Å². The van der Waals surface area contributed by atoms with Gasteiger partial charge in [0.25, 0.3) is 0 Å². The van der Waals surface area contributed by atoms with E-state index in [2.05, 4.69) is 4.90 Å². The fourth-order valence-electron chi connectivity index (χ4n) is 2.48. The van der Waals surface area contributed by atoms with Crippen LogP contribution in [0, 0.1) is 0 Å². The van der Waals surface area contributed by atoms with E-state index in [9.17, 15) is 4.79 Å². The Hall–Kier alpha value is -1.81. The topological polar surface area (TPSA) is 49.8 Å². The highest BCUT2D eigenvalue weighted by atomic mass is 16.5. The molecule has 0 saturated carbocycles. The van der Waals surface area contributed by atoms with Crippen molar-refractivity contribution in [1.82, 2.24) is 0 Å². The molecule has 1 N–H and O–H groups in total. The normalized spacial score (nSPS) is 16.8. The summed E-state index contributed by atoms with van der Waals surface area (Å²) in [5, 5.41) is 8.59. The Balaban J connectivity index is 1.92. The zero-order valence-electron chi connectivity index (χ0n) is 11.8. The van der Waals surface area contributed by atoms with E-state index < -0.39 is 5.97 Å². The van der Waals surface area contributed by atoms with Crippen molar-refractivity contribution < 1.29 is 14.6 Å². The SMILES string of the molecule is CCOC1CCN(c2ccc(C=CC(=O)O)cc2)CC1. The van der Waals surface area contributed by atoms with E-state index in [4.69, 9.17) is 9.84 Å². The summed E-state index contributed by atoms with van der Waals surface area (Å²) in [4.78, 5) is 12.8. The minimum atomic E-state index is -0.924. The van der Waals surface area contributed by atoms with Gasteiger partial charge >= 0.3 is 5.97 Å². The summed E-state index contributed by atoms with van der Waals surface area (Å²) in [5.41, 5.74) is 2.09. The van der Waals surface area contributed by atoms with Crippen LogP contribution in [0.5, 0.6) is 0 Å². The lowest BCUT2D eigenvalue weighted by Gasteiger charge is -2.33. The molecule has 0 atom stereocenters. The molecule has 1 aliphatic rings. The monoisotopic (exact) mass is 275 g/mol. The van der Waals surface area contributed by atoms with Gasteiger partial charge in [-0.05, 0) is 43.5 Å². The van der Waals surface area contributed by atoms with Gasteiger partial charge in [0.05, 0.1) is 6.10 Å². The summed E-state index contributed by atoms with van der Waals surface area (Å²) in [7, 11) is 0. The number of carboxylic acid groups (broad SMARTS) is 1. The lowest BCUT2D eigenvalue weighted by atomic mass is 10.1. The Bertz CT molecular complexity index is 459. The Morgan fingerprint density at radius 3 is 2.55 bits per heavy atom. The highest BCUT2D eigenvalue weighted by molar-refractivity contribution is 5.85. The zero-order chi connectivity index (χ0) is 14.4. The summed E-state index contributed by atoms with van der Waals surface area (Å²) in [6.45, 7) is 4.84. The standard InChI is InChI=1S/C16H21NO3/c1-2-20-15-9-11-17(12-10-15)14-6-3-13(4-7-14)5-8-16(18)19/h3-8,15H,2,9-12H2,1H3,(H,18,19). The molecular weight excluding hydrogens is 254 g/mol. The Morgan fingerprint density at radius 2 is 2.00 bits per heavy atom. The largest absolute Gasteiger partial charge is 0.478 e. The van der Waals surface area contributed by atoms with Gasteiger partial charge in [-0.15, -0.1) is 0 Å². The van der Waals surface area contributed by atoms with Gasteiger partial charge in [0, 0.05) is 31.5 Å². The van der Waals surface area contributed by atoms with Crippen molar-refractivity contribution in [3.63, 3.8) is 0 Å². The van der Waals surface area contributed by atoms with E-state index in [-0.39, 0.29) is 0 Å². The van der Waals surface area contributed by atoms with Crippen LogP contribution in [0.3, 0.4) is 0 Å². The molecule has 4 nitrogen and oxygen atoms in total. The molecule has 0 bridgehead atoms. The number of carbonyl (C=O) groups is 1. The maximum Gasteiger partial charge on any atom is 0.328 e. The number of carboxylic acids is 1. The summed E-state index contributed by atoms with van der Waals surface area (Å²) in [6, 6.07) is 7.98. The van der Waals surface area contributed by atoms with Gasteiger partial charge in [-0.1, -0.05) is 12.1 Å². The van der Waals surface area contributed by atoms with Crippen LogP contribution in [-0.2, 0) is 9.53 Å². The first-order chi connectivity index (χ1) is 9.69. The van der Waals surface area contributed by atoms with E-state index >= 15 is 0 Å². The quantitative estimate of drug-likeness (QED) is 0.839. The van der Waals surface area contributed by atoms with Crippen molar-refractivity contribution in [2.75, 3.05) is 24.6 Å². The van der Waals surface area contributed by atoms with Gasteiger partial charge in [0.1, 0.15) is 0 Å². The van der Waals surface area contributed by atoms with E-state index in [1.807, 2.05) is 31.2 Å². The highest BCUT2D eigenvalue weighted by Gasteiger charge is 2.19. The molecule has 1 saturated heterocycles. The number of piperidine rings is 1. The van der Waals surface area contributed by atoms with Gasteiger partial charge in [0.15, 0.2) is 0 Å². The van der Waals surface area contributed by atoms with E-state index in [0.717, 1.165) is 44.2 Å². The first-order valence-corrected chi connectivity index (χ1v) is 7.06. The van der Waals surface area contributed by atoms with E-state index in [0.29, 0.717) is 6.10 Å². The average Bonchev–Trinajstić information content (AvgIpc) is 2.47. The first-order valence-electron chi connectivity index (χ1n) is 7.06. The summed E-state index contributed by atoms with van der Waals surface area (Å²) < 4.78 is 5.65. The molecule has 108 valence electrons. The van der Waals surface area contributed by atoms with Crippen molar-refractivity contribution >= 4 is 17.7 Å². The van der Waals surface area contributed by atoms with Crippen molar-refractivity contribution in [1.29, 1.82) is 0 Å². The number of hydrogen-bond donors (Lipinski definition) is 1. The van der Waals surface area contributed by atoms with E-state index in [1.165, 1.54) is 5.69 Å². The molecule has 0 spiro atoms. The van der Waals surface area contributed by atoms with Gasteiger partial charge in [0.2, 0.25) is 0 Å². The molecule has 0 unspecified atom stereocenters. The molecule has 1 aromatic carbocycles. The molecule has 1 aromatic rings. The minimum absolute atomic E-state index is 0.397. The Kier molecular flexibility index (Phi) is 5.18. The lowest BCUT2D eigenvalue weighted by Crippen LogP contribution is -2.37. The second-order valence-corrected chi connectivity index (χ2v) is 4.90. The molecule has 1 aliphatic heterocycles. The average molecular weight is 275 g/mol. The van der Waals surface area contributed by atoms with Gasteiger partial charge in [-0.2, -0.15) is 0 Å². The second-order valence-electron chi connectivity index (χ2n) is 4.90. The third kappa shape index (κ3) is 4.10. The van der Waals surface area contributed by atoms with Crippen molar-refractivity contribution in [2.45, 2.75) is 25.9 Å². The van der Waals surface area contributed by atoms with Crippen LogP contribution in [0.1, 0.15) is 25.3 Å². The number of ether oxygens (including phenoxy) is 1. The number of hydrogen-bond acceptors (Lipinski definition) is 3. The molecule has 1 heterocycles. The van der Waals surface area contributed by atoms with Gasteiger partial charge in [-0.3, -0.25) is 0 Å². The minimum Gasteiger partial charge on any atom is -0.478 e. The van der Waals surface area contributed by atoms with Gasteiger partial charge in [-0.25, -0.2) is 4.79 Å². The molecular formula is C16H21NO3. The van der Waals surface area contributed by atoms with Crippen LogP contribution in [0.2, 0.25) is 0 Å². The van der Waals surface area contributed by atoms with Crippen LogP contribution < -0.4 is 4.90 Å². The Labute approximate surface area is 119 Å².